The van der Waals surface area contributed by atoms with E-state index in [-0.39, 0.29) is 47.3 Å². The van der Waals surface area contributed by atoms with E-state index in [1.165, 1.54) is 32.1 Å². The molecule has 7 heteroatoms. The Morgan fingerprint density at radius 1 is 0.900 bits per heavy atom. The third kappa shape index (κ3) is 17.1. The van der Waals surface area contributed by atoms with Gasteiger partial charge in [-0.3, -0.25) is 9.79 Å². The molecule has 0 saturated carbocycles. The zero-order valence-corrected chi connectivity index (χ0v) is 22.2. The van der Waals surface area contributed by atoms with Gasteiger partial charge in [-0.1, -0.05) is 79.6 Å². The van der Waals surface area contributed by atoms with Crippen LogP contribution in [-0.2, 0) is 9.59 Å². The van der Waals surface area contributed by atoms with Gasteiger partial charge in [-0.2, -0.15) is 0 Å². The summed E-state index contributed by atoms with van der Waals surface area (Å²) in [7, 11) is 0. The van der Waals surface area contributed by atoms with E-state index in [4.69, 9.17) is 0 Å². The second kappa shape index (κ2) is 19.1. The molecule has 0 radical (unpaired) electrons. The molecule has 30 heavy (non-hydrogen) atoms. The van der Waals surface area contributed by atoms with Crippen LogP contribution in [0.3, 0.4) is 0 Å². The summed E-state index contributed by atoms with van der Waals surface area (Å²) in [4.78, 5) is 28.1. The summed E-state index contributed by atoms with van der Waals surface area (Å²) in [5.41, 5.74) is 0. The third-order valence-electron chi connectivity index (χ3n) is 4.86. The van der Waals surface area contributed by atoms with Gasteiger partial charge in [0.15, 0.2) is 0 Å². The van der Waals surface area contributed by atoms with Gasteiger partial charge in [-0.25, -0.2) is 4.79 Å². The molecule has 0 aliphatic rings. The van der Waals surface area contributed by atoms with Crippen LogP contribution in [0.2, 0.25) is 0 Å². The quantitative estimate of drug-likeness (QED) is 0.156. The van der Waals surface area contributed by atoms with E-state index in [0.717, 1.165) is 19.3 Å². The predicted molar refractivity (Wildman–Crippen MR) is 117 cm³/mol. The fourth-order valence-corrected chi connectivity index (χ4v) is 3.27. The standard InChI is InChI=1S/C23H44N2O4.Na/c1-6-7-8-9-10-11-12-13-14-21(26)24-19(15-17(2)3)22(27)25-20(23(28)29)16-18(4)5;/h17-20H,6-16H2,1-5H3,(H,24,26)(H,25,27)(H,28,29);/q;+1/p-1/t19-,20+;/m0./s1. The van der Waals surface area contributed by atoms with Crippen LogP contribution in [-0.4, -0.2) is 35.0 Å². The SMILES string of the molecule is CCCCCCCCCCC([O-])=N[C@@H](CC(C)C)C(=O)N[C@H](CC(C)C)C(=O)O.[Na+]. The van der Waals surface area contributed by atoms with Crippen LogP contribution in [0.25, 0.3) is 0 Å². The smallest absolute Gasteiger partial charge is 0.862 e. The number of rotatable bonds is 17. The van der Waals surface area contributed by atoms with Crippen molar-refractivity contribution in [3.8, 4) is 0 Å². The Bertz CT molecular complexity index is 496. The number of hydrogen-bond acceptors (Lipinski definition) is 4. The summed E-state index contributed by atoms with van der Waals surface area (Å²) >= 11 is 0. The molecule has 1 amide bonds. The third-order valence-corrected chi connectivity index (χ3v) is 4.86. The zero-order valence-electron chi connectivity index (χ0n) is 20.2. The predicted octanol–water partition coefficient (Wildman–Crippen LogP) is 1.31. The number of carbonyl (C=O) groups excluding carboxylic acids is 1. The van der Waals surface area contributed by atoms with E-state index >= 15 is 0 Å². The van der Waals surface area contributed by atoms with Crippen LogP contribution in [0.4, 0.5) is 0 Å². The zero-order chi connectivity index (χ0) is 22.2. The van der Waals surface area contributed by atoms with Crippen LogP contribution in [0.1, 0.15) is 105 Å². The van der Waals surface area contributed by atoms with Crippen LogP contribution < -0.4 is 40.0 Å². The van der Waals surface area contributed by atoms with Crippen LogP contribution >= 0.6 is 0 Å². The van der Waals surface area contributed by atoms with Crippen molar-refractivity contribution in [1.82, 2.24) is 5.32 Å². The second-order valence-corrected chi connectivity index (χ2v) is 8.92. The van der Waals surface area contributed by atoms with E-state index in [1.54, 1.807) is 0 Å². The number of aliphatic imine (C=N–C) groups is 1. The molecule has 0 saturated heterocycles. The van der Waals surface area contributed by atoms with E-state index in [0.29, 0.717) is 19.3 Å². The number of carboxylic acids is 1. The molecule has 0 unspecified atom stereocenters. The Balaban J connectivity index is 0. The summed E-state index contributed by atoms with van der Waals surface area (Å²) in [6.45, 7) is 9.94. The van der Waals surface area contributed by atoms with Crippen molar-refractivity contribution in [2.24, 2.45) is 16.8 Å². The molecule has 0 spiro atoms. The monoisotopic (exact) mass is 434 g/mol. The average molecular weight is 435 g/mol. The Morgan fingerprint density at radius 3 is 1.87 bits per heavy atom. The summed E-state index contributed by atoms with van der Waals surface area (Å²) in [5.74, 6) is -1.46. The molecule has 2 atom stereocenters. The van der Waals surface area contributed by atoms with E-state index in [9.17, 15) is 19.8 Å². The molecule has 170 valence electrons. The van der Waals surface area contributed by atoms with Gasteiger partial charge in [0, 0.05) is 0 Å². The largest absolute Gasteiger partial charge is 1.00 e. The topological polar surface area (TPSA) is 102 Å². The second-order valence-electron chi connectivity index (χ2n) is 8.92. The van der Waals surface area contributed by atoms with Crippen molar-refractivity contribution < 1.29 is 49.4 Å². The maximum absolute atomic E-state index is 12.6. The summed E-state index contributed by atoms with van der Waals surface area (Å²) < 4.78 is 0. The van der Waals surface area contributed by atoms with Crippen molar-refractivity contribution in [2.45, 2.75) is 117 Å². The average Bonchev–Trinajstić information content (AvgIpc) is 2.61. The molecule has 0 aliphatic carbocycles. The van der Waals surface area contributed by atoms with Crippen molar-refractivity contribution in [3.63, 3.8) is 0 Å². The summed E-state index contributed by atoms with van der Waals surface area (Å²) in [5, 5.41) is 24.2. The maximum atomic E-state index is 12.6. The fourth-order valence-electron chi connectivity index (χ4n) is 3.27. The minimum absolute atomic E-state index is 0. The van der Waals surface area contributed by atoms with Crippen molar-refractivity contribution in [3.05, 3.63) is 0 Å². The van der Waals surface area contributed by atoms with E-state index in [2.05, 4.69) is 17.2 Å². The number of nitrogens with one attached hydrogen (secondary N) is 1. The first-order chi connectivity index (χ1) is 13.7. The number of carbonyl (C=O) groups is 2. The first-order valence-corrected chi connectivity index (χ1v) is 11.4. The molecule has 0 rings (SSSR count). The minimum atomic E-state index is -1.05. The number of nitrogens with zero attached hydrogens (tertiary/aromatic N) is 1. The number of unbranched alkanes of at least 4 members (excludes halogenated alkanes) is 7. The van der Waals surface area contributed by atoms with Crippen molar-refractivity contribution in [2.75, 3.05) is 0 Å². The Kier molecular flexibility index (Phi) is 20.1. The summed E-state index contributed by atoms with van der Waals surface area (Å²) in [6.07, 6.45) is 10.3. The molecule has 0 aromatic carbocycles. The van der Waals surface area contributed by atoms with Gasteiger partial charge in [-0.15, -0.1) is 0 Å². The van der Waals surface area contributed by atoms with Gasteiger partial charge in [0.1, 0.15) is 12.1 Å². The molecular formula is C23H43N2NaO4. The molecule has 6 nitrogen and oxygen atoms in total. The number of hydrogen-bond donors (Lipinski definition) is 2. The Morgan fingerprint density at radius 2 is 1.40 bits per heavy atom. The van der Waals surface area contributed by atoms with Gasteiger partial charge in [0.05, 0.1) is 0 Å². The van der Waals surface area contributed by atoms with E-state index in [1.807, 2.05) is 27.7 Å². The first kappa shape index (κ1) is 31.6. The van der Waals surface area contributed by atoms with Gasteiger partial charge in [-0.05, 0) is 43.4 Å². The minimum Gasteiger partial charge on any atom is -0.862 e. The Hall–Kier alpha value is -0.590. The van der Waals surface area contributed by atoms with Crippen molar-refractivity contribution >= 4 is 17.8 Å². The van der Waals surface area contributed by atoms with E-state index < -0.39 is 24.0 Å². The van der Waals surface area contributed by atoms with Gasteiger partial charge >= 0.3 is 35.5 Å². The van der Waals surface area contributed by atoms with Crippen LogP contribution in [0.5, 0.6) is 0 Å². The van der Waals surface area contributed by atoms with Crippen molar-refractivity contribution in [1.29, 1.82) is 0 Å². The summed E-state index contributed by atoms with van der Waals surface area (Å²) in [6, 6.07) is -1.76. The molecule has 0 aromatic heterocycles. The number of carboxylic acid groups (broad SMARTS) is 1. The normalized spacial score (nSPS) is 13.8. The fraction of sp³-hybridized carbons (Fsp3) is 0.870. The molecule has 2 N–H and O–H groups in total. The maximum Gasteiger partial charge on any atom is 1.00 e. The molecule has 0 heterocycles. The van der Waals surface area contributed by atoms with Crippen LogP contribution in [0.15, 0.2) is 4.99 Å². The number of amides is 1. The van der Waals surface area contributed by atoms with Crippen LogP contribution in [0, 0.1) is 11.8 Å². The Labute approximate surface area is 206 Å². The first-order valence-electron chi connectivity index (χ1n) is 11.4. The molecule has 0 fully saturated rings. The molecule has 0 aromatic rings. The van der Waals surface area contributed by atoms with Gasteiger partial charge in [0.25, 0.3) is 0 Å². The molecule has 0 bridgehead atoms. The van der Waals surface area contributed by atoms with Gasteiger partial charge < -0.3 is 15.5 Å². The molecule has 0 aliphatic heterocycles. The number of aliphatic carboxylic acids is 1. The molecular weight excluding hydrogens is 391 g/mol. The van der Waals surface area contributed by atoms with Gasteiger partial charge in [0.2, 0.25) is 5.91 Å².